The van der Waals surface area contributed by atoms with Crippen LogP contribution in [0.1, 0.15) is 20.3 Å². The minimum absolute atomic E-state index is 0.0516. The van der Waals surface area contributed by atoms with Gasteiger partial charge in [-0.15, -0.1) is 0 Å². The molecule has 5 nitrogen and oxygen atoms in total. The highest BCUT2D eigenvalue weighted by atomic mass is 32.1. The van der Waals surface area contributed by atoms with Crippen LogP contribution in [0, 0.1) is 11.8 Å². The molecule has 1 unspecified atom stereocenters. The Kier molecular flexibility index (Phi) is 4.92. The average Bonchev–Trinajstić information content (AvgIpc) is 2.55. The van der Waals surface area contributed by atoms with Crippen LogP contribution in [0.2, 0.25) is 0 Å². The first-order valence-corrected chi connectivity index (χ1v) is 8.63. The number of ether oxygens (including phenoxy) is 1. The molecular weight excluding hydrogens is 310 g/mol. The molecule has 3 rings (SSSR count). The maximum atomic E-state index is 12.8. The molecule has 0 radical (unpaired) electrons. The van der Waals surface area contributed by atoms with E-state index in [1.54, 1.807) is 4.90 Å². The van der Waals surface area contributed by atoms with E-state index in [4.69, 9.17) is 17.0 Å². The lowest BCUT2D eigenvalue weighted by atomic mass is 9.93. The van der Waals surface area contributed by atoms with Crippen molar-refractivity contribution in [3.8, 4) is 0 Å². The van der Waals surface area contributed by atoms with Gasteiger partial charge in [-0.05, 0) is 42.8 Å². The summed E-state index contributed by atoms with van der Waals surface area (Å²) in [6, 6.07) is 0. The third kappa shape index (κ3) is 3.53. The van der Waals surface area contributed by atoms with Crippen molar-refractivity contribution in [1.82, 2.24) is 9.80 Å². The maximum Gasteiger partial charge on any atom is 0.241 e. The minimum Gasteiger partial charge on any atom is -0.378 e. The van der Waals surface area contributed by atoms with Gasteiger partial charge in [-0.3, -0.25) is 9.69 Å². The van der Waals surface area contributed by atoms with Gasteiger partial charge < -0.3 is 9.64 Å². The highest BCUT2D eigenvalue weighted by molar-refractivity contribution is 7.80. The van der Waals surface area contributed by atoms with Crippen molar-refractivity contribution in [2.24, 2.45) is 16.8 Å². The van der Waals surface area contributed by atoms with Crippen molar-refractivity contribution in [3.63, 3.8) is 0 Å². The Morgan fingerprint density at radius 3 is 2.78 bits per heavy atom. The van der Waals surface area contributed by atoms with Gasteiger partial charge in [-0.2, -0.15) is 0 Å². The average molecular weight is 333 g/mol. The first-order valence-electron chi connectivity index (χ1n) is 8.23. The zero-order valence-corrected chi connectivity index (χ0v) is 14.5. The lowest BCUT2D eigenvalue weighted by Gasteiger charge is -2.35. The Morgan fingerprint density at radius 2 is 2.09 bits per heavy atom. The van der Waals surface area contributed by atoms with Gasteiger partial charge >= 0.3 is 0 Å². The lowest BCUT2D eigenvalue weighted by Crippen LogP contribution is -2.47. The number of allylic oxidation sites excluding steroid dienone is 2. The number of fused-ring (bicyclic) bond motifs is 1. The Morgan fingerprint density at radius 1 is 1.35 bits per heavy atom. The SMILES string of the molecule is CC(C)CCN1C(=O)C2C=C(N3CCOCC3)C=CC2=NC1=S. The first kappa shape index (κ1) is 16.3. The van der Waals surface area contributed by atoms with Gasteiger partial charge in [0.05, 0.1) is 18.9 Å². The van der Waals surface area contributed by atoms with Crippen LogP contribution >= 0.6 is 12.2 Å². The van der Waals surface area contributed by atoms with E-state index < -0.39 is 0 Å². The number of aliphatic imine (C=N–C) groups is 1. The van der Waals surface area contributed by atoms with Crippen LogP contribution in [0.3, 0.4) is 0 Å². The molecule has 6 heteroatoms. The molecule has 1 saturated heterocycles. The first-order chi connectivity index (χ1) is 11.1. The molecule has 2 heterocycles. The predicted molar refractivity (Wildman–Crippen MR) is 94.3 cm³/mol. The zero-order valence-electron chi connectivity index (χ0n) is 13.7. The summed E-state index contributed by atoms with van der Waals surface area (Å²) in [5.41, 5.74) is 1.85. The van der Waals surface area contributed by atoms with Crippen LogP contribution in [0.25, 0.3) is 0 Å². The molecule has 124 valence electrons. The van der Waals surface area contributed by atoms with Crippen molar-refractivity contribution >= 4 is 28.9 Å². The fourth-order valence-corrected chi connectivity index (χ4v) is 3.24. The molecule has 0 aromatic rings. The number of rotatable bonds is 4. The highest BCUT2D eigenvalue weighted by Gasteiger charge is 2.35. The number of nitrogens with zero attached hydrogens (tertiary/aromatic N) is 3. The molecular formula is C17H23N3O2S. The molecule has 1 atom stereocenters. The standard InChI is InChI=1S/C17H23N3O2S/c1-12(2)5-6-20-16(21)14-11-13(19-7-9-22-10-8-19)3-4-15(14)18-17(20)23/h3-4,11-12,14H,5-10H2,1-2H3. The maximum absolute atomic E-state index is 12.8. The van der Waals surface area contributed by atoms with Gasteiger partial charge in [-0.1, -0.05) is 13.8 Å². The van der Waals surface area contributed by atoms with Crippen molar-refractivity contribution in [2.75, 3.05) is 32.8 Å². The van der Waals surface area contributed by atoms with Gasteiger partial charge in [0.2, 0.25) is 11.0 Å². The summed E-state index contributed by atoms with van der Waals surface area (Å²) in [6.07, 6.45) is 6.91. The Bertz CT molecular complexity index is 589. The largest absolute Gasteiger partial charge is 0.378 e. The number of carbonyl (C=O) groups is 1. The Balaban J connectivity index is 1.79. The van der Waals surface area contributed by atoms with Crippen LogP contribution in [-0.2, 0) is 9.53 Å². The van der Waals surface area contributed by atoms with Gasteiger partial charge in [0.15, 0.2) is 0 Å². The van der Waals surface area contributed by atoms with E-state index in [9.17, 15) is 4.79 Å². The van der Waals surface area contributed by atoms with Gasteiger partial charge in [0, 0.05) is 25.3 Å². The van der Waals surface area contributed by atoms with E-state index in [2.05, 4.69) is 23.7 Å². The number of hydrogen-bond donors (Lipinski definition) is 0. The summed E-state index contributed by atoms with van der Waals surface area (Å²) in [5, 5.41) is 0.398. The van der Waals surface area contributed by atoms with Crippen LogP contribution in [0.4, 0.5) is 0 Å². The molecule has 0 spiro atoms. The van der Waals surface area contributed by atoms with Crippen molar-refractivity contribution < 1.29 is 9.53 Å². The smallest absolute Gasteiger partial charge is 0.241 e. The van der Waals surface area contributed by atoms with E-state index in [0.717, 1.165) is 44.1 Å². The second kappa shape index (κ2) is 6.93. The van der Waals surface area contributed by atoms with E-state index >= 15 is 0 Å². The second-order valence-corrected chi connectivity index (χ2v) is 6.86. The fourth-order valence-electron chi connectivity index (χ4n) is 2.95. The number of amides is 1. The van der Waals surface area contributed by atoms with Gasteiger partial charge in [0.1, 0.15) is 5.92 Å². The molecule has 3 aliphatic rings. The van der Waals surface area contributed by atoms with Crippen molar-refractivity contribution in [1.29, 1.82) is 0 Å². The summed E-state index contributed by atoms with van der Waals surface area (Å²) in [7, 11) is 0. The molecule has 23 heavy (non-hydrogen) atoms. The van der Waals surface area contributed by atoms with Crippen LogP contribution < -0.4 is 0 Å². The van der Waals surface area contributed by atoms with Crippen LogP contribution in [0.5, 0.6) is 0 Å². The normalized spacial score (nSPS) is 24.7. The van der Waals surface area contributed by atoms with Crippen molar-refractivity contribution in [3.05, 3.63) is 23.9 Å². The van der Waals surface area contributed by atoms with Gasteiger partial charge in [0.25, 0.3) is 0 Å². The Labute approximate surface area is 142 Å². The van der Waals surface area contributed by atoms with E-state index in [-0.39, 0.29) is 11.8 Å². The van der Waals surface area contributed by atoms with E-state index in [1.807, 2.05) is 18.2 Å². The molecule has 0 N–H and O–H groups in total. The van der Waals surface area contributed by atoms with Gasteiger partial charge in [-0.25, -0.2) is 4.99 Å². The van der Waals surface area contributed by atoms with Crippen LogP contribution in [0.15, 0.2) is 28.9 Å². The molecule has 2 aliphatic heterocycles. The number of hydrogen-bond acceptors (Lipinski definition) is 4. The summed E-state index contributed by atoms with van der Waals surface area (Å²) in [6.45, 7) is 8.12. The summed E-state index contributed by atoms with van der Waals surface area (Å²) in [5.74, 6) is 0.272. The number of thiocarbonyl (C=S) groups is 1. The second-order valence-electron chi connectivity index (χ2n) is 6.49. The number of morpholine rings is 1. The van der Waals surface area contributed by atoms with E-state index in [0.29, 0.717) is 17.6 Å². The highest BCUT2D eigenvalue weighted by Crippen LogP contribution is 2.25. The third-order valence-electron chi connectivity index (χ3n) is 4.37. The van der Waals surface area contributed by atoms with Crippen molar-refractivity contribution in [2.45, 2.75) is 20.3 Å². The Hall–Kier alpha value is -1.53. The summed E-state index contributed by atoms with van der Waals surface area (Å²) in [4.78, 5) is 21.2. The third-order valence-corrected chi connectivity index (χ3v) is 4.69. The molecule has 0 aromatic carbocycles. The summed E-state index contributed by atoms with van der Waals surface area (Å²) >= 11 is 5.32. The molecule has 1 aliphatic carbocycles. The lowest BCUT2D eigenvalue weighted by molar-refractivity contribution is -0.128. The monoisotopic (exact) mass is 333 g/mol. The molecule has 0 aromatic heterocycles. The predicted octanol–water partition coefficient (Wildman–Crippen LogP) is 2.00. The van der Waals surface area contributed by atoms with Crippen LogP contribution in [-0.4, -0.2) is 59.4 Å². The molecule has 1 amide bonds. The zero-order chi connectivity index (χ0) is 16.4. The molecule has 0 saturated carbocycles. The number of carbonyl (C=O) groups excluding carboxylic acids is 1. The minimum atomic E-state index is -0.309. The molecule has 1 fully saturated rings. The fraction of sp³-hybridized carbons (Fsp3) is 0.588. The molecule has 0 bridgehead atoms. The topological polar surface area (TPSA) is 45.1 Å². The van der Waals surface area contributed by atoms with E-state index in [1.165, 1.54) is 0 Å². The summed E-state index contributed by atoms with van der Waals surface area (Å²) < 4.78 is 5.39. The quantitative estimate of drug-likeness (QED) is 0.738.